The van der Waals surface area contributed by atoms with E-state index in [1.807, 2.05) is 36.1 Å². The molecule has 1 unspecified atom stereocenters. The zero-order valence-corrected chi connectivity index (χ0v) is 11.1. The van der Waals surface area contributed by atoms with E-state index >= 15 is 0 Å². The summed E-state index contributed by atoms with van der Waals surface area (Å²) in [6, 6.07) is 7.42. The maximum Gasteiger partial charge on any atom is 0.326 e. The summed E-state index contributed by atoms with van der Waals surface area (Å²) in [6.07, 6.45) is 0.597. The van der Waals surface area contributed by atoms with E-state index in [9.17, 15) is 9.90 Å². The molecule has 1 aromatic rings. The first-order chi connectivity index (χ1) is 8.44. The Hall–Kier alpha value is -1.71. The van der Waals surface area contributed by atoms with Crippen LogP contribution in [0.15, 0.2) is 24.3 Å². The van der Waals surface area contributed by atoms with E-state index in [-0.39, 0.29) is 5.54 Å². The van der Waals surface area contributed by atoms with Gasteiger partial charge in [-0.1, -0.05) is 19.1 Å². The summed E-state index contributed by atoms with van der Waals surface area (Å²) in [5, 5.41) is 12.8. The van der Waals surface area contributed by atoms with Crippen molar-refractivity contribution in [2.24, 2.45) is 0 Å². The predicted octanol–water partition coefficient (Wildman–Crippen LogP) is 2.56. The molecule has 4 heteroatoms. The summed E-state index contributed by atoms with van der Waals surface area (Å²) in [7, 11) is 0. The van der Waals surface area contributed by atoms with E-state index in [1.165, 1.54) is 0 Å². The minimum absolute atomic E-state index is 0.128. The summed E-state index contributed by atoms with van der Waals surface area (Å²) >= 11 is 0. The lowest BCUT2D eigenvalue weighted by molar-refractivity contribution is -0.138. The lowest BCUT2D eigenvalue weighted by Crippen LogP contribution is -2.54. The van der Waals surface area contributed by atoms with Crippen LogP contribution in [-0.4, -0.2) is 29.2 Å². The molecule has 0 aliphatic carbocycles. The third-order valence-electron chi connectivity index (χ3n) is 3.30. The van der Waals surface area contributed by atoms with Crippen LogP contribution in [0.5, 0.6) is 0 Å². The first-order valence-corrected chi connectivity index (χ1v) is 6.31. The first-order valence-electron chi connectivity index (χ1n) is 6.31. The smallest absolute Gasteiger partial charge is 0.326 e. The Morgan fingerprint density at radius 2 is 2.17 bits per heavy atom. The van der Waals surface area contributed by atoms with Crippen molar-refractivity contribution >= 4 is 17.3 Å². The zero-order chi connectivity index (χ0) is 13.3. The molecule has 0 bridgehead atoms. The number of nitrogens with zero attached hydrogens (tertiary/aromatic N) is 1. The zero-order valence-electron chi connectivity index (χ0n) is 11.1. The topological polar surface area (TPSA) is 52.6 Å². The van der Waals surface area contributed by atoms with E-state index in [2.05, 4.69) is 19.2 Å². The van der Waals surface area contributed by atoms with Crippen LogP contribution in [0.4, 0.5) is 11.4 Å². The molecule has 0 aromatic heterocycles. The van der Waals surface area contributed by atoms with Crippen molar-refractivity contribution in [2.45, 2.75) is 38.8 Å². The summed E-state index contributed by atoms with van der Waals surface area (Å²) in [6.45, 7) is 6.78. The quantitative estimate of drug-likeness (QED) is 0.863. The van der Waals surface area contributed by atoms with Crippen molar-refractivity contribution < 1.29 is 9.90 Å². The van der Waals surface area contributed by atoms with Crippen LogP contribution in [0, 0.1) is 0 Å². The molecular weight excluding hydrogens is 228 g/mol. The van der Waals surface area contributed by atoms with Crippen LogP contribution in [0.2, 0.25) is 0 Å². The highest BCUT2D eigenvalue weighted by Gasteiger charge is 2.35. The number of hydrogen-bond donors (Lipinski definition) is 2. The van der Waals surface area contributed by atoms with Gasteiger partial charge in [-0.25, -0.2) is 4.79 Å². The number of anilines is 2. The van der Waals surface area contributed by atoms with Crippen LogP contribution in [0.1, 0.15) is 27.2 Å². The number of hydrogen-bond acceptors (Lipinski definition) is 3. The van der Waals surface area contributed by atoms with Crippen molar-refractivity contribution in [3.05, 3.63) is 24.3 Å². The fourth-order valence-corrected chi connectivity index (χ4v) is 2.55. The van der Waals surface area contributed by atoms with Gasteiger partial charge in [-0.2, -0.15) is 0 Å². The highest BCUT2D eigenvalue weighted by molar-refractivity contribution is 5.83. The van der Waals surface area contributed by atoms with Gasteiger partial charge in [0.25, 0.3) is 0 Å². The second-order valence-corrected chi connectivity index (χ2v) is 5.42. The van der Waals surface area contributed by atoms with E-state index in [1.54, 1.807) is 0 Å². The Kier molecular flexibility index (Phi) is 3.20. The highest BCUT2D eigenvalue weighted by atomic mass is 16.4. The molecule has 0 fully saturated rings. The molecule has 0 amide bonds. The Labute approximate surface area is 108 Å². The molecular formula is C14H20N2O2. The number of fused-ring (bicyclic) bond motifs is 1. The standard InChI is InChI=1S/C14H20N2O2/c1-4-11(13(17)18)16-9-14(2,3)15-10-7-5-6-8-12(10)16/h5-8,11,15H,4,9H2,1-3H3,(H,17,18). The fraction of sp³-hybridized carbons (Fsp3) is 0.500. The van der Waals surface area contributed by atoms with E-state index in [4.69, 9.17) is 0 Å². The molecule has 0 saturated heterocycles. The van der Waals surface area contributed by atoms with Gasteiger partial charge in [0, 0.05) is 12.1 Å². The predicted molar refractivity (Wildman–Crippen MR) is 73.2 cm³/mol. The average Bonchev–Trinajstić information content (AvgIpc) is 2.27. The van der Waals surface area contributed by atoms with Gasteiger partial charge in [0.1, 0.15) is 6.04 Å². The Bertz CT molecular complexity index is 457. The normalized spacial score (nSPS) is 18.7. The fourth-order valence-electron chi connectivity index (χ4n) is 2.55. The monoisotopic (exact) mass is 248 g/mol. The molecule has 1 aromatic carbocycles. The van der Waals surface area contributed by atoms with Crippen molar-refractivity contribution in [1.29, 1.82) is 0 Å². The highest BCUT2D eigenvalue weighted by Crippen LogP contribution is 2.35. The second-order valence-electron chi connectivity index (χ2n) is 5.42. The molecule has 0 saturated carbocycles. The molecule has 1 aliphatic rings. The summed E-state index contributed by atoms with van der Waals surface area (Å²) < 4.78 is 0. The van der Waals surface area contributed by atoms with Crippen molar-refractivity contribution in [2.75, 3.05) is 16.8 Å². The second kappa shape index (κ2) is 4.52. The molecule has 1 heterocycles. The third kappa shape index (κ3) is 2.28. The van der Waals surface area contributed by atoms with Gasteiger partial charge in [-0.05, 0) is 32.4 Å². The third-order valence-corrected chi connectivity index (χ3v) is 3.30. The molecule has 4 nitrogen and oxygen atoms in total. The van der Waals surface area contributed by atoms with Crippen LogP contribution >= 0.6 is 0 Å². The largest absolute Gasteiger partial charge is 0.480 e. The molecule has 1 aliphatic heterocycles. The van der Waals surface area contributed by atoms with Crippen molar-refractivity contribution in [3.8, 4) is 0 Å². The molecule has 1 atom stereocenters. The Balaban J connectivity index is 2.44. The number of carboxylic acid groups (broad SMARTS) is 1. The Morgan fingerprint density at radius 1 is 1.50 bits per heavy atom. The number of nitrogens with one attached hydrogen (secondary N) is 1. The maximum atomic E-state index is 11.4. The lowest BCUT2D eigenvalue weighted by Gasteiger charge is -2.44. The van der Waals surface area contributed by atoms with Crippen molar-refractivity contribution in [1.82, 2.24) is 0 Å². The van der Waals surface area contributed by atoms with Gasteiger partial charge in [-0.3, -0.25) is 0 Å². The number of carboxylic acids is 1. The molecule has 2 N–H and O–H groups in total. The van der Waals surface area contributed by atoms with E-state index < -0.39 is 12.0 Å². The van der Waals surface area contributed by atoms with Gasteiger partial charge < -0.3 is 15.3 Å². The Morgan fingerprint density at radius 3 is 2.78 bits per heavy atom. The van der Waals surface area contributed by atoms with Crippen LogP contribution in [-0.2, 0) is 4.79 Å². The number of para-hydroxylation sites is 2. The minimum Gasteiger partial charge on any atom is -0.480 e. The van der Waals surface area contributed by atoms with Gasteiger partial charge in [0.2, 0.25) is 0 Å². The number of carbonyl (C=O) groups is 1. The first kappa shape index (κ1) is 12.7. The van der Waals surface area contributed by atoms with Crippen LogP contribution in [0.3, 0.4) is 0 Å². The van der Waals surface area contributed by atoms with Crippen molar-refractivity contribution in [3.63, 3.8) is 0 Å². The summed E-state index contributed by atoms with van der Waals surface area (Å²) in [4.78, 5) is 13.4. The molecule has 0 radical (unpaired) electrons. The average molecular weight is 248 g/mol. The SMILES string of the molecule is CCC(C(=O)O)N1CC(C)(C)Nc2ccccc21. The van der Waals surface area contributed by atoms with Gasteiger partial charge >= 0.3 is 5.97 Å². The number of benzene rings is 1. The molecule has 98 valence electrons. The van der Waals surface area contributed by atoms with Gasteiger partial charge in [0.15, 0.2) is 0 Å². The summed E-state index contributed by atoms with van der Waals surface area (Å²) in [5.74, 6) is -0.759. The van der Waals surface area contributed by atoms with Crippen LogP contribution in [0.25, 0.3) is 0 Å². The number of rotatable bonds is 3. The van der Waals surface area contributed by atoms with E-state index in [0.29, 0.717) is 13.0 Å². The lowest BCUT2D eigenvalue weighted by atomic mass is 9.97. The molecule has 0 spiro atoms. The van der Waals surface area contributed by atoms with Crippen LogP contribution < -0.4 is 10.2 Å². The maximum absolute atomic E-state index is 11.4. The summed E-state index contributed by atoms with van der Waals surface area (Å²) in [5.41, 5.74) is 1.86. The van der Waals surface area contributed by atoms with Gasteiger partial charge in [-0.15, -0.1) is 0 Å². The van der Waals surface area contributed by atoms with E-state index in [0.717, 1.165) is 11.4 Å². The molecule has 18 heavy (non-hydrogen) atoms. The van der Waals surface area contributed by atoms with Gasteiger partial charge in [0.05, 0.1) is 11.4 Å². The minimum atomic E-state index is -0.759. The molecule has 2 rings (SSSR count). The number of aliphatic carboxylic acids is 1.